The molecular formula is C24H29N3O3S. The van der Waals surface area contributed by atoms with Crippen molar-refractivity contribution < 1.29 is 14.3 Å². The van der Waals surface area contributed by atoms with E-state index in [9.17, 15) is 5.11 Å². The van der Waals surface area contributed by atoms with Crippen LogP contribution >= 0.6 is 11.8 Å². The quantitative estimate of drug-likeness (QED) is 0.341. The third-order valence-electron chi connectivity index (χ3n) is 5.52. The van der Waals surface area contributed by atoms with Crippen LogP contribution < -0.4 is 4.74 Å². The van der Waals surface area contributed by atoms with Gasteiger partial charge >= 0.3 is 0 Å². The summed E-state index contributed by atoms with van der Waals surface area (Å²) < 4.78 is 13.7. The summed E-state index contributed by atoms with van der Waals surface area (Å²) in [5, 5.41) is 20.2. The molecule has 1 saturated carbocycles. The minimum absolute atomic E-state index is 0.226. The van der Waals surface area contributed by atoms with Crippen LogP contribution in [-0.4, -0.2) is 38.3 Å². The molecule has 1 aromatic carbocycles. The monoisotopic (exact) mass is 439 g/mol. The molecule has 7 heteroatoms. The molecule has 164 valence electrons. The Morgan fingerprint density at radius 2 is 2.03 bits per heavy atom. The highest BCUT2D eigenvalue weighted by molar-refractivity contribution is 7.99. The van der Waals surface area contributed by atoms with E-state index in [2.05, 4.69) is 21.3 Å². The third-order valence-corrected chi connectivity index (χ3v) is 6.61. The molecular weight excluding hydrogens is 410 g/mol. The summed E-state index contributed by atoms with van der Waals surface area (Å²) in [6, 6.07) is 12.0. The molecule has 1 N–H and O–H groups in total. The Balaban J connectivity index is 1.41. The van der Waals surface area contributed by atoms with Crippen LogP contribution in [0.5, 0.6) is 5.75 Å². The SMILES string of the molecule is C=CCc1ccccc1OCC(O)CSc1nnc(-c2ccco2)n1C1CCCCC1. The lowest BCUT2D eigenvalue weighted by molar-refractivity contribution is 0.126. The molecule has 31 heavy (non-hydrogen) atoms. The molecule has 2 heterocycles. The van der Waals surface area contributed by atoms with Gasteiger partial charge in [-0.05, 0) is 43.0 Å². The van der Waals surface area contributed by atoms with Gasteiger partial charge in [-0.2, -0.15) is 0 Å². The van der Waals surface area contributed by atoms with Crippen molar-refractivity contribution in [2.45, 2.75) is 55.8 Å². The number of aliphatic hydroxyl groups is 1. The molecule has 1 unspecified atom stereocenters. The molecule has 0 bridgehead atoms. The average molecular weight is 440 g/mol. The number of aliphatic hydroxyl groups excluding tert-OH is 1. The summed E-state index contributed by atoms with van der Waals surface area (Å²) in [6.07, 6.45) is 9.57. The Hall–Kier alpha value is -2.51. The highest BCUT2D eigenvalue weighted by atomic mass is 32.2. The van der Waals surface area contributed by atoms with Crippen LogP contribution in [0.4, 0.5) is 0 Å². The number of hydrogen-bond donors (Lipinski definition) is 1. The van der Waals surface area contributed by atoms with Crippen LogP contribution in [0, 0.1) is 0 Å². The summed E-state index contributed by atoms with van der Waals surface area (Å²) in [6.45, 7) is 4.02. The van der Waals surface area contributed by atoms with E-state index < -0.39 is 6.10 Å². The number of benzene rings is 1. The van der Waals surface area contributed by atoms with E-state index in [1.165, 1.54) is 31.0 Å². The summed E-state index contributed by atoms with van der Waals surface area (Å²) in [4.78, 5) is 0. The first-order valence-corrected chi connectivity index (χ1v) is 11.9. The van der Waals surface area contributed by atoms with Crippen LogP contribution in [0.1, 0.15) is 43.7 Å². The van der Waals surface area contributed by atoms with Gasteiger partial charge in [0.2, 0.25) is 5.82 Å². The maximum absolute atomic E-state index is 10.5. The fourth-order valence-electron chi connectivity index (χ4n) is 3.99. The van der Waals surface area contributed by atoms with Gasteiger partial charge in [0.25, 0.3) is 0 Å². The van der Waals surface area contributed by atoms with Crippen molar-refractivity contribution in [2.75, 3.05) is 12.4 Å². The van der Waals surface area contributed by atoms with Crippen molar-refractivity contribution in [3.8, 4) is 17.3 Å². The molecule has 3 aromatic rings. The van der Waals surface area contributed by atoms with Gasteiger partial charge in [-0.1, -0.05) is 55.3 Å². The fourth-order valence-corrected chi connectivity index (χ4v) is 4.90. The molecule has 0 spiro atoms. The number of nitrogens with zero attached hydrogens (tertiary/aromatic N) is 3. The Bertz CT molecular complexity index is 964. The zero-order chi connectivity index (χ0) is 21.5. The molecule has 0 aliphatic heterocycles. The van der Waals surface area contributed by atoms with Crippen LogP contribution in [0.2, 0.25) is 0 Å². The minimum Gasteiger partial charge on any atom is -0.491 e. The molecule has 6 nitrogen and oxygen atoms in total. The molecule has 0 saturated heterocycles. The molecule has 4 rings (SSSR count). The minimum atomic E-state index is -0.620. The van der Waals surface area contributed by atoms with Crippen LogP contribution in [-0.2, 0) is 6.42 Å². The van der Waals surface area contributed by atoms with Gasteiger partial charge < -0.3 is 14.3 Å². The predicted octanol–water partition coefficient (Wildman–Crippen LogP) is 5.30. The van der Waals surface area contributed by atoms with Crippen molar-refractivity contribution in [1.82, 2.24) is 14.8 Å². The van der Waals surface area contributed by atoms with Crippen LogP contribution in [0.25, 0.3) is 11.6 Å². The smallest absolute Gasteiger partial charge is 0.200 e. The second kappa shape index (κ2) is 10.7. The number of hydrogen-bond acceptors (Lipinski definition) is 6. The van der Waals surface area contributed by atoms with Crippen molar-refractivity contribution in [2.24, 2.45) is 0 Å². The summed E-state index contributed by atoms with van der Waals surface area (Å²) in [5.74, 6) is 2.76. The fraction of sp³-hybridized carbons (Fsp3) is 0.417. The first-order chi connectivity index (χ1) is 15.3. The maximum atomic E-state index is 10.5. The van der Waals surface area contributed by atoms with Crippen LogP contribution in [0.15, 0.2) is 64.9 Å². The first kappa shape index (κ1) is 21.7. The van der Waals surface area contributed by atoms with E-state index in [1.54, 1.807) is 6.26 Å². The summed E-state index contributed by atoms with van der Waals surface area (Å²) >= 11 is 1.52. The maximum Gasteiger partial charge on any atom is 0.200 e. The lowest BCUT2D eigenvalue weighted by Crippen LogP contribution is -2.21. The van der Waals surface area contributed by atoms with Gasteiger partial charge in [0.05, 0.1) is 12.4 Å². The van der Waals surface area contributed by atoms with Gasteiger partial charge in [0.15, 0.2) is 10.9 Å². The number of rotatable bonds is 10. The zero-order valence-corrected chi connectivity index (χ0v) is 18.5. The van der Waals surface area contributed by atoms with E-state index in [-0.39, 0.29) is 6.61 Å². The molecule has 1 fully saturated rings. The van der Waals surface area contributed by atoms with Crippen LogP contribution in [0.3, 0.4) is 0 Å². The first-order valence-electron chi connectivity index (χ1n) is 10.9. The second-order valence-corrected chi connectivity index (χ2v) is 8.81. The molecule has 1 aliphatic rings. The Morgan fingerprint density at radius 1 is 1.19 bits per heavy atom. The molecule has 2 aromatic heterocycles. The van der Waals surface area contributed by atoms with Gasteiger partial charge in [-0.3, -0.25) is 4.57 Å². The van der Waals surface area contributed by atoms with E-state index in [4.69, 9.17) is 9.15 Å². The molecule has 0 radical (unpaired) electrons. The summed E-state index contributed by atoms with van der Waals surface area (Å²) in [7, 11) is 0. The number of furan rings is 1. The number of allylic oxidation sites excluding steroid dienone is 1. The van der Waals surface area contributed by atoms with Gasteiger partial charge in [0, 0.05) is 11.8 Å². The van der Waals surface area contributed by atoms with Crippen molar-refractivity contribution in [1.29, 1.82) is 0 Å². The van der Waals surface area contributed by atoms with E-state index >= 15 is 0 Å². The van der Waals surface area contributed by atoms with Crippen molar-refractivity contribution in [3.05, 3.63) is 60.9 Å². The van der Waals surface area contributed by atoms with Gasteiger partial charge in [0.1, 0.15) is 12.4 Å². The third kappa shape index (κ3) is 5.40. The molecule has 0 amide bonds. The Kier molecular flexibility index (Phi) is 7.48. The Labute approximate surface area is 187 Å². The largest absolute Gasteiger partial charge is 0.491 e. The number of aromatic nitrogens is 3. The lowest BCUT2D eigenvalue weighted by Gasteiger charge is -2.25. The Morgan fingerprint density at radius 3 is 2.81 bits per heavy atom. The highest BCUT2D eigenvalue weighted by Gasteiger charge is 2.25. The van der Waals surface area contributed by atoms with E-state index in [0.717, 1.165) is 47.3 Å². The van der Waals surface area contributed by atoms with E-state index in [1.807, 2.05) is 42.5 Å². The average Bonchev–Trinajstić information content (AvgIpc) is 3.47. The molecule has 1 aliphatic carbocycles. The second-order valence-electron chi connectivity index (χ2n) is 7.82. The predicted molar refractivity (Wildman–Crippen MR) is 122 cm³/mol. The van der Waals surface area contributed by atoms with Gasteiger partial charge in [-0.25, -0.2) is 0 Å². The lowest BCUT2D eigenvalue weighted by atomic mass is 9.95. The van der Waals surface area contributed by atoms with E-state index in [0.29, 0.717) is 11.8 Å². The number of ether oxygens (including phenoxy) is 1. The normalized spacial score (nSPS) is 15.6. The standard InChI is InChI=1S/C24H29N3O3S/c1-2-9-18-10-6-7-13-21(18)30-16-20(28)17-31-24-26-25-23(22-14-8-15-29-22)27(24)19-11-4-3-5-12-19/h2,6-8,10,13-15,19-20,28H,1,3-5,9,11-12,16-17H2. The summed E-state index contributed by atoms with van der Waals surface area (Å²) in [5.41, 5.74) is 1.07. The van der Waals surface area contributed by atoms with Gasteiger partial charge in [-0.15, -0.1) is 16.8 Å². The van der Waals surface area contributed by atoms with Crippen molar-refractivity contribution >= 4 is 11.8 Å². The number of para-hydroxylation sites is 1. The topological polar surface area (TPSA) is 73.3 Å². The highest BCUT2D eigenvalue weighted by Crippen LogP contribution is 2.35. The van der Waals surface area contributed by atoms with Crippen molar-refractivity contribution in [3.63, 3.8) is 0 Å². The zero-order valence-electron chi connectivity index (χ0n) is 17.7. The molecule has 1 atom stereocenters. The number of thioether (sulfide) groups is 1.